The Morgan fingerprint density at radius 3 is 2.76 bits per heavy atom. The average molecular weight is 474 g/mol. The number of Topliss-reactive ketones (excluding diaryl/α,β-unsaturated/α-hetero) is 2. The van der Waals surface area contributed by atoms with Crippen LogP contribution in [-0.4, -0.2) is 50.7 Å². The number of carbonyl (C=O) groups excluding carboxylic acids is 3. The van der Waals surface area contributed by atoms with Crippen molar-refractivity contribution in [3.05, 3.63) is 64.7 Å². The normalized spacial score (nSPS) is 18.1. The number of nitrogens with zero attached hydrogens (tertiary/aromatic N) is 3. The molecule has 1 fully saturated rings. The Morgan fingerprint density at radius 1 is 1.21 bits per heavy atom. The summed E-state index contributed by atoms with van der Waals surface area (Å²) in [5.41, 5.74) is 1.20. The maximum Gasteiger partial charge on any atom is 0.243 e. The fraction of sp³-hybridized carbons (Fsp3) is 0.333. The van der Waals surface area contributed by atoms with Crippen molar-refractivity contribution in [3.63, 3.8) is 0 Å². The molecule has 1 amide bonds. The molecule has 3 heterocycles. The second-order valence-corrected chi connectivity index (χ2v) is 8.58. The zero-order valence-corrected chi connectivity index (χ0v) is 18.7. The molecule has 1 aliphatic heterocycles. The van der Waals surface area contributed by atoms with Crippen molar-refractivity contribution in [2.45, 2.75) is 44.9 Å². The van der Waals surface area contributed by atoms with E-state index < -0.39 is 23.9 Å². The first-order valence-electron chi connectivity index (χ1n) is 10.6. The van der Waals surface area contributed by atoms with Gasteiger partial charge in [0.2, 0.25) is 5.91 Å². The van der Waals surface area contributed by atoms with E-state index in [1.54, 1.807) is 41.2 Å². The number of benzene rings is 1. The smallest absolute Gasteiger partial charge is 0.243 e. The standard InChI is InChI=1S/C24H22ClF2N3O3/c1-14(31)18-12-29(24-17(18)5-3-9-28-24)13-22(33)30-11-16(26)10-20(30)21(32)8-7-15-4-2-6-19(25)23(15)27/h2-6,9,12,16,20H,7-8,10-11,13H2,1H3/t16-,20+/m1/s1. The molecule has 4 rings (SSSR count). The van der Waals surface area contributed by atoms with E-state index in [1.807, 2.05) is 0 Å². The Morgan fingerprint density at radius 2 is 2.00 bits per heavy atom. The van der Waals surface area contributed by atoms with E-state index in [0.29, 0.717) is 22.2 Å². The molecule has 0 N–H and O–H groups in total. The van der Waals surface area contributed by atoms with Crippen LogP contribution in [0.3, 0.4) is 0 Å². The number of fused-ring (bicyclic) bond motifs is 1. The van der Waals surface area contributed by atoms with Gasteiger partial charge in [0.15, 0.2) is 11.6 Å². The van der Waals surface area contributed by atoms with Crippen molar-refractivity contribution in [1.29, 1.82) is 0 Å². The summed E-state index contributed by atoms with van der Waals surface area (Å²) in [4.78, 5) is 43.4. The minimum Gasteiger partial charge on any atom is -0.328 e. The second-order valence-electron chi connectivity index (χ2n) is 8.18. The van der Waals surface area contributed by atoms with Crippen molar-refractivity contribution in [2.24, 2.45) is 0 Å². The van der Waals surface area contributed by atoms with Gasteiger partial charge in [-0.3, -0.25) is 14.4 Å². The Labute approximate surface area is 194 Å². The molecule has 33 heavy (non-hydrogen) atoms. The van der Waals surface area contributed by atoms with E-state index in [9.17, 15) is 23.2 Å². The maximum atomic E-state index is 14.2. The van der Waals surface area contributed by atoms with Crippen LogP contribution in [-0.2, 0) is 22.6 Å². The van der Waals surface area contributed by atoms with E-state index in [4.69, 9.17) is 11.6 Å². The first-order chi connectivity index (χ1) is 15.8. The van der Waals surface area contributed by atoms with Crippen LogP contribution >= 0.6 is 11.6 Å². The van der Waals surface area contributed by atoms with Gasteiger partial charge in [0.25, 0.3) is 0 Å². The Hall–Kier alpha value is -3.13. The van der Waals surface area contributed by atoms with Gasteiger partial charge < -0.3 is 9.47 Å². The van der Waals surface area contributed by atoms with Crippen LogP contribution in [0.15, 0.2) is 42.7 Å². The monoisotopic (exact) mass is 473 g/mol. The van der Waals surface area contributed by atoms with E-state index in [-0.39, 0.29) is 48.9 Å². The number of ketones is 2. The molecule has 1 aromatic carbocycles. The minimum atomic E-state index is -1.32. The fourth-order valence-corrected chi connectivity index (χ4v) is 4.49. The predicted molar refractivity (Wildman–Crippen MR) is 119 cm³/mol. The molecule has 0 saturated carbocycles. The molecule has 0 aliphatic carbocycles. The summed E-state index contributed by atoms with van der Waals surface area (Å²) >= 11 is 5.79. The highest BCUT2D eigenvalue weighted by atomic mass is 35.5. The van der Waals surface area contributed by atoms with Crippen LogP contribution in [0.25, 0.3) is 11.0 Å². The molecule has 172 valence electrons. The highest BCUT2D eigenvalue weighted by Gasteiger charge is 2.39. The number of alkyl halides is 1. The minimum absolute atomic E-state index is 0.0288. The third kappa shape index (κ3) is 4.66. The number of hydrogen-bond acceptors (Lipinski definition) is 4. The number of likely N-dealkylation sites (tertiary alicyclic amines) is 1. The van der Waals surface area contributed by atoms with Crippen molar-refractivity contribution in [2.75, 3.05) is 6.54 Å². The van der Waals surface area contributed by atoms with Crippen LogP contribution < -0.4 is 0 Å². The van der Waals surface area contributed by atoms with Gasteiger partial charge in [-0.2, -0.15) is 0 Å². The number of aryl methyl sites for hydroxylation is 1. The molecule has 0 spiro atoms. The molecular formula is C24H22ClF2N3O3. The summed E-state index contributed by atoms with van der Waals surface area (Å²) < 4.78 is 29.9. The van der Waals surface area contributed by atoms with E-state index in [1.165, 1.54) is 17.9 Å². The van der Waals surface area contributed by atoms with Gasteiger partial charge in [0.1, 0.15) is 24.2 Å². The molecule has 0 radical (unpaired) electrons. The summed E-state index contributed by atoms with van der Waals surface area (Å²) in [6.07, 6.45) is 1.77. The molecule has 0 unspecified atom stereocenters. The van der Waals surface area contributed by atoms with E-state index >= 15 is 0 Å². The van der Waals surface area contributed by atoms with Crippen LogP contribution in [0.2, 0.25) is 5.02 Å². The number of carbonyl (C=O) groups is 3. The number of amides is 1. The molecule has 0 bridgehead atoms. The highest BCUT2D eigenvalue weighted by molar-refractivity contribution is 6.30. The first-order valence-corrected chi connectivity index (χ1v) is 11.0. The molecular weight excluding hydrogens is 452 g/mol. The van der Waals surface area contributed by atoms with Gasteiger partial charge in [0.05, 0.1) is 17.6 Å². The zero-order valence-electron chi connectivity index (χ0n) is 17.9. The van der Waals surface area contributed by atoms with Crippen LogP contribution in [0.1, 0.15) is 35.7 Å². The third-order valence-electron chi connectivity index (χ3n) is 5.93. The number of pyridine rings is 1. The summed E-state index contributed by atoms with van der Waals surface area (Å²) in [7, 11) is 0. The van der Waals surface area contributed by atoms with Gasteiger partial charge in [-0.25, -0.2) is 13.8 Å². The average Bonchev–Trinajstić information content (AvgIpc) is 3.36. The number of hydrogen-bond donors (Lipinski definition) is 0. The van der Waals surface area contributed by atoms with Gasteiger partial charge in [0, 0.05) is 36.2 Å². The van der Waals surface area contributed by atoms with Crippen molar-refractivity contribution in [3.8, 4) is 0 Å². The van der Waals surface area contributed by atoms with Gasteiger partial charge >= 0.3 is 0 Å². The lowest BCUT2D eigenvalue weighted by atomic mass is 10.0. The zero-order chi connectivity index (χ0) is 23.7. The Bertz CT molecular complexity index is 1240. The van der Waals surface area contributed by atoms with Gasteiger partial charge in [-0.1, -0.05) is 23.7 Å². The molecule has 9 heteroatoms. The SMILES string of the molecule is CC(=O)c1cn(CC(=O)N2C[C@H](F)C[C@H]2C(=O)CCc2cccc(Cl)c2F)c2ncccc12. The highest BCUT2D eigenvalue weighted by Crippen LogP contribution is 2.26. The largest absolute Gasteiger partial charge is 0.328 e. The number of halogens is 3. The lowest BCUT2D eigenvalue weighted by molar-refractivity contribution is -0.138. The van der Waals surface area contributed by atoms with Gasteiger partial charge in [-0.15, -0.1) is 0 Å². The van der Waals surface area contributed by atoms with E-state index in [0.717, 1.165) is 0 Å². The van der Waals surface area contributed by atoms with E-state index in [2.05, 4.69) is 4.98 Å². The second kappa shape index (κ2) is 9.39. The lowest BCUT2D eigenvalue weighted by Gasteiger charge is -2.23. The molecule has 2 atom stereocenters. The van der Waals surface area contributed by atoms with Crippen molar-refractivity contribution >= 4 is 40.1 Å². The summed E-state index contributed by atoms with van der Waals surface area (Å²) in [6.45, 7) is 1.06. The van der Waals surface area contributed by atoms with Crippen LogP contribution in [0, 0.1) is 5.82 Å². The summed E-state index contributed by atoms with van der Waals surface area (Å²) in [5.74, 6) is -1.52. The quantitative estimate of drug-likeness (QED) is 0.483. The maximum absolute atomic E-state index is 14.2. The Kier molecular flexibility index (Phi) is 6.56. The molecule has 1 saturated heterocycles. The first kappa shape index (κ1) is 23.0. The summed E-state index contributed by atoms with van der Waals surface area (Å²) in [6, 6.07) is 7.09. The third-order valence-corrected chi connectivity index (χ3v) is 6.23. The fourth-order valence-electron chi connectivity index (χ4n) is 4.29. The van der Waals surface area contributed by atoms with Crippen molar-refractivity contribution in [1.82, 2.24) is 14.5 Å². The van der Waals surface area contributed by atoms with Crippen molar-refractivity contribution < 1.29 is 23.2 Å². The molecule has 6 nitrogen and oxygen atoms in total. The lowest BCUT2D eigenvalue weighted by Crippen LogP contribution is -2.42. The number of aromatic nitrogens is 2. The Balaban J connectivity index is 1.50. The van der Waals surface area contributed by atoms with Gasteiger partial charge in [-0.05, 0) is 37.1 Å². The van der Waals surface area contributed by atoms with Crippen LogP contribution in [0.4, 0.5) is 8.78 Å². The number of rotatable bonds is 7. The predicted octanol–water partition coefficient (Wildman–Crippen LogP) is 4.17. The summed E-state index contributed by atoms with van der Waals surface area (Å²) in [5, 5.41) is 0.595. The molecule has 3 aromatic rings. The molecule has 1 aliphatic rings. The van der Waals surface area contributed by atoms with Crippen LogP contribution in [0.5, 0.6) is 0 Å². The topological polar surface area (TPSA) is 72.3 Å². The molecule has 2 aromatic heterocycles.